The van der Waals surface area contributed by atoms with Crippen molar-refractivity contribution in [2.75, 3.05) is 38.7 Å². The predicted molar refractivity (Wildman–Crippen MR) is 176 cm³/mol. The van der Waals surface area contributed by atoms with Crippen molar-refractivity contribution >= 4 is 34.6 Å². The van der Waals surface area contributed by atoms with E-state index < -0.39 is 24.6 Å². The minimum Gasteiger partial charge on any atom is -0.465 e. The van der Waals surface area contributed by atoms with Gasteiger partial charge >= 0.3 is 6.09 Å². The van der Waals surface area contributed by atoms with E-state index in [9.17, 15) is 19.5 Å². The maximum atomic E-state index is 13.6. The number of likely N-dealkylation sites (tertiary alicyclic amines) is 1. The molecule has 46 heavy (non-hydrogen) atoms. The topological polar surface area (TPSA) is 146 Å². The molecule has 0 aliphatic carbocycles. The molecule has 0 bridgehead atoms. The Morgan fingerprint density at radius 3 is 2.43 bits per heavy atom. The average molecular weight is 628 g/mol. The maximum absolute atomic E-state index is 13.6. The summed E-state index contributed by atoms with van der Waals surface area (Å²) < 4.78 is 7.54. The smallest absolute Gasteiger partial charge is 0.404 e. The van der Waals surface area contributed by atoms with Crippen LogP contribution >= 0.6 is 0 Å². The lowest BCUT2D eigenvalue weighted by molar-refractivity contribution is -0.133. The fraction of sp³-hybridized carbons (Fsp3) is 0.371. The molecular weight excluding hydrogens is 586 g/mol. The Morgan fingerprint density at radius 1 is 1.02 bits per heavy atom. The van der Waals surface area contributed by atoms with Gasteiger partial charge < -0.3 is 35.1 Å². The number of nitrogens with one attached hydrogen (secondary N) is 2. The van der Waals surface area contributed by atoms with Gasteiger partial charge in [-0.15, -0.1) is 0 Å². The Kier molecular flexibility index (Phi) is 11.0. The Balaban J connectivity index is 1.24. The molecule has 1 aliphatic heterocycles. The molecule has 11 nitrogen and oxygen atoms in total. The van der Waals surface area contributed by atoms with Crippen LogP contribution in [0.25, 0.3) is 22.2 Å². The number of anilines is 1. The lowest BCUT2D eigenvalue weighted by atomic mass is 9.95. The number of nitrogens with zero attached hydrogens (tertiary/aromatic N) is 3. The van der Waals surface area contributed by atoms with Crippen molar-refractivity contribution < 1.29 is 29.3 Å². The summed E-state index contributed by atoms with van der Waals surface area (Å²) in [5.74, 6) is 0.524. The number of methoxy groups -OCH3 is 1. The SMILES string of the molecule is COCCCn1c([C@@H]2CCCN(C(=O)C[C@@H](Cc3ccc(-c4ccc(NC(=O)CO)cc4)cc3)NC(=O)O)C2)nc2ccccc21. The van der Waals surface area contributed by atoms with Gasteiger partial charge in [-0.05, 0) is 66.6 Å². The highest BCUT2D eigenvalue weighted by Gasteiger charge is 2.30. The molecule has 1 aliphatic rings. The van der Waals surface area contributed by atoms with Crippen LogP contribution in [-0.2, 0) is 27.3 Å². The molecular formula is C35H41N5O6. The van der Waals surface area contributed by atoms with Crippen LogP contribution in [0.1, 0.15) is 43.0 Å². The van der Waals surface area contributed by atoms with E-state index in [0.717, 1.165) is 59.4 Å². The number of fused-ring (bicyclic) bond motifs is 1. The fourth-order valence-corrected chi connectivity index (χ4v) is 6.18. The monoisotopic (exact) mass is 627 g/mol. The average Bonchev–Trinajstić information content (AvgIpc) is 3.44. The van der Waals surface area contributed by atoms with Gasteiger partial charge in [-0.1, -0.05) is 48.5 Å². The van der Waals surface area contributed by atoms with Crippen molar-refractivity contribution in [2.24, 2.45) is 0 Å². The Labute approximate surface area is 268 Å². The first-order chi connectivity index (χ1) is 22.3. The van der Waals surface area contributed by atoms with Gasteiger partial charge in [0.25, 0.3) is 0 Å². The molecule has 2 heterocycles. The summed E-state index contributed by atoms with van der Waals surface area (Å²) in [4.78, 5) is 43.5. The van der Waals surface area contributed by atoms with Crippen LogP contribution in [0.4, 0.5) is 10.5 Å². The molecule has 4 aromatic rings. The van der Waals surface area contributed by atoms with Gasteiger partial charge in [0.1, 0.15) is 12.4 Å². The molecule has 5 rings (SSSR count). The minimum absolute atomic E-state index is 0.0616. The zero-order chi connectivity index (χ0) is 32.5. The number of ether oxygens (including phenoxy) is 1. The number of imidazole rings is 1. The number of hydrogen-bond donors (Lipinski definition) is 4. The van der Waals surface area contributed by atoms with Gasteiger partial charge in [-0.2, -0.15) is 0 Å². The molecule has 11 heteroatoms. The standard InChI is InChI=1S/C35H41N5O6/c1-46-19-5-18-40-31-8-3-2-7-30(31)38-34(40)27-6-4-17-39(22-27)33(43)21-29(37-35(44)45)20-24-9-11-25(12-10-24)26-13-15-28(16-14-26)36-32(42)23-41/h2-3,7-16,27,29,37,41H,4-6,17-23H2,1H3,(H,36,42)(H,44,45)/t27-,29-/m1/s1. The molecule has 3 aromatic carbocycles. The summed E-state index contributed by atoms with van der Waals surface area (Å²) in [6, 6.07) is 22.5. The quantitative estimate of drug-likeness (QED) is 0.158. The summed E-state index contributed by atoms with van der Waals surface area (Å²) in [6.07, 6.45) is 1.92. The van der Waals surface area contributed by atoms with Crippen LogP contribution in [0.3, 0.4) is 0 Å². The molecule has 1 saturated heterocycles. The summed E-state index contributed by atoms with van der Waals surface area (Å²) in [5, 5.41) is 23.6. The number of aromatic nitrogens is 2. The molecule has 1 aromatic heterocycles. The summed E-state index contributed by atoms with van der Waals surface area (Å²) in [7, 11) is 1.70. The number of carbonyl (C=O) groups excluding carboxylic acids is 2. The molecule has 3 amide bonds. The second-order valence-electron chi connectivity index (χ2n) is 11.7. The second kappa shape index (κ2) is 15.5. The van der Waals surface area contributed by atoms with E-state index in [4.69, 9.17) is 14.8 Å². The van der Waals surface area contributed by atoms with Crippen LogP contribution < -0.4 is 10.6 Å². The Morgan fingerprint density at radius 2 is 1.74 bits per heavy atom. The summed E-state index contributed by atoms with van der Waals surface area (Å²) >= 11 is 0. The van der Waals surface area contributed by atoms with Crippen molar-refractivity contribution in [3.05, 3.63) is 84.2 Å². The van der Waals surface area contributed by atoms with E-state index in [0.29, 0.717) is 31.8 Å². The lowest BCUT2D eigenvalue weighted by Crippen LogP contribution is -2.44. The predicted octanol–water partition coefficient (Wildman–Crippen LogP) is 4.65. The molecule has 0 radical (unpaired) electrons. The van der Waals surface area contributed by atoms with Crippen molar-refractivity contribution in [1.29, 1.82) is 0 Å². The number of hydrogen-bond acceptors (Lipinski definition) is 6. The molecule has 2 atom stereocenters. The number of carbonyl (C=O) groups is 3. The highest BCUT2D eigenvalue weighted by molar-refractivity contribution is 5.91. The molecule has 242 valence electrons. The number of benzene rings is 3. The second-order valence-corrected chi connectivity index (χ2v) is 11.7. The normalized spacial score (nSPS) is 15.4. The number of carboxylic acid groups (broad SMARTS) is 1. The fourth-order valence-electron chi connectivity index (χ4n) is 6.18. The van der Waals surface area contributed by atoms with E-state index in [1.54, 1.807) is 19.2 Å². The Bertz CT molecular complexity index is 1640. The zero-order valence-electron chi connectivity index (χ0n) is 26.0. The number of para-hydroxylation sites is 2. The van der Waals surface area contributed by atoms with Crippen molar-refractivity contribution in [2.45, 2.75) is 50.6 Å². The zero-order valence-corrected chi connectivity index (χ0v) is 26.0. The Hall–Kier alpha value is -4.74. The lowest BCUT2D eigenvalue weighted by Gasteiger charge is -2.33. The third kappa shape index (κ3) is 8.29. The number of aliphatic hydroxyl groups is 1. The third-order valence-electron chi connectivity index (χ3n) is 8.38. The van der Waals surface area contributed by atoms with Gasteiger partial charge in [-0.3, -0.25) is 9.59 Å². The third-order valence-corrected chi connectivity index (χ3v) is 8.38. The van der Waals surface area contributed by atoms with Crippen LogP contribution in [0.15, 0.2) is 72.8 Å². The number of aliphatic hydroxyl groups excluding tert-OH is 1. The van der Waals surface area contributed by atoms with Gasteiger partial charge in [0.15, 0.2) is 0 Å². The largest absolute Gasteiger partial charge is 0.465 e. The highest BCUT2D eigenvalue weighted by Crippen LogP contribution is 2.30. The summed E-state index contributed by atoms with van der Waals surface area (Å²) in [6.45, 7) is 2.04. The summed E-state index contributed by atoms with van der Waals surface area (Å²) in [5.41, 5.74) is 5.41. The minimum atomic E-state index is -1.16. The first kappa shape index (κ1) is 32.6. The van der Waals surface area contributed by atoms with E-state index in [1.807, 2.05) is 59.5 Å². The number of piperidine rings is 1. The number of aryl methyl sites for hydroxylation is 1. The highest BCUT2D eigenvalue weighted by atomic mass is 16.5. The van der Waals surface area contributed by atoms with Gasteiger partial charge in [-0.25, -0.2) is 9.78 Å². The maximum Gasteiger partial charge on any atom is 0.404 e. The first-order valence-corrected chi connectivity index (χ1v) is 15.7. The molecule has 0 saturated carbocycles. The van der Waals surface area contributed by atoms with Crippen molar-refractivity contribution in [3.63, 3.8) is 0 Å². The molecule has 0 unspecified atom stereocenters. The van der Waals surface area contributed by atoms with E-state index >= 15 is 0 Å². The molecule has 1 fully saturated rings. The van der Waals surface area contributed by atoms with Crippen molar-refractivity contribution in [3.8, 4) is 11.1 Å². The number of rotatable bonds is 13. The first-order valence-electron chi connectivity index (χ1n) is 15.7. The van der Waals surface area contributed by atoms with Crippen LogP contribution in [0, 0.1) is 0 Å². The van der Waals surface area contributed by atoms with Crippen molar-refractivity contribution in [1.82, 2.24) is 19.8 Å². The molecule has 4 N–H and O–H groups in total. The van der Waals surface area contributed by atoms with Crippen LogP contribution in [0.2, 0.25) is 0 Å². The molecule has 0 spiro atoms. The van der Waals surface area contributed by atoms with Crippen LogP contribution in [0.5, 0.6) is 0 Å². The van der Waals surface area contributed by atoms with Gasteiger partial charge in [0, 0.05) is 57.4 Å². The van der Waals surface area contributed by atoms with E-state index in [1.165, 1.54) is 0 Å². The van der Waals surface area contributed by atoms with Gasteiger partial charge in [0.2, 0.25) is 11.8 Å². The number of amides is 3. The van der Waals surface area contributed by atoms with Crippen LogP contribution in [-0.4, -0.2) is 82.0 Å². The van der Waals surface area contributed by atoms with Gasteiger partial charge in [0.05, 0.1) is 11.0 Å². The van der Waals surface area contributed by atoms with E-state index in [-0.39, 0.29) is 18.2 Å². The van der Waals surface area contributed by atoms with E-state index in [2.05, 4.69) is 21.3 Å².